The van der Waals surface area contributed by atoms with E-state index in [2.05, 4.69) is 0 Å². The Bertz CT molecular complexity index is 534. The topological polar surface area (TPSA) is 74.7 Å². The number of hydrogen-bond donors (Lipinski definition) is 1. The molecule has 0 saturated carbocycles. The number of carboxylic acid groups (broad SMARTS) is 1. The van der Waals surface area contributed by atoms with E-state index in [1.807, 2.05) is 6.92 Å². The molecule has 0 radical (unpaired) electrons. The molecule has 0 aromatic carbocycles. The lowest BCUT2D eigenvalue weighted by Crippen LogP contribution is -2.34. The molecular formula is C10H13NO4S2. The zero-order valence-electron chi connectivity index (χ0n) is 9.29. The van der Waals surface area contributed by atoms with Gasteiger partial charge in [-0.3, -0.25) is 0 Å². The summed E-state index contributed by atoms with van der Waals surface area (Å²) < 4.78 is 26.0. The van der Waals surface area contributed by atoms with Crippen LogP contribution in [0.15, 0.2) is 16.3 Å². The van der Waals surface area contributed by atoms with Gasteiger partial charge in [0.2, 0.25) is 10.0 Å². The van der Waals surface area contributed by atoms with Crippen LogP contribution < -0.4 is 0 Å². The minimum Gasteiger partial charge on any atom is -0.477 e. The molecule has 0 amide bonds. The number of aromatic carboxylic acids is 1. The molecule has 5 nitrogen and oxygen atoms in total. The second-order valence-electron chi connectivity index (χ2n) is 4.03. The summed E-state index contributed by atoms with van der Waals surface area (Å²) in [7, 11) is -3.66. The van der Waals surface area contributed by atoms with Crippen LogP contribution in [0.3, 0.4) is 0 Å². The Hall–Kier alpha value is -0.920. The normalized spacial score (nSPS) is 21.8. The van der Waals surface area contributed by atoms with E-state index in [4.69, 9.17) is 5.11 Å². The van der Waals surface area contributed by atoms with E-state index in [0.717, 1.165) is 24.2 Å². The second kappa shape index (κ2) is 4.40. The average Bonchev–Trinajstić information content (AvgIpc) is 2.84. The summed E-state index contributed by atoms with van der Waals surface area (Å²) in [6, 6.07) is 1.32. The first-order valence-electron chi connectivity index (χ1n) is 5.27. The van der Waals surface area contributed by atoms with E-state index in [1.165, 1.54) is 15.8 Å². The summed E-state index contributed by atoms with van der Waals surface area (Å²) in [5.41, 5.74) is 0. The van der Waals surface area contributed by atoms with Gasteiger partial charge in [0.1, 0.15) is 9.77 Å². The van der Waals surface area contributed by atoms with Crippen LogP contribution in [0.2, 0.25) is 0 Å². The number of carboxylic acids is 1. The van der Waals surface area contributed by atoms with E-state index in [1.54, 1.807) is 0 Å². The van der Waals surface area contributed by atoms with E-state index in [-0.39, 0.29) is 15.8 Å². The van der Waals surface area contributed by atoms with Crippen molar-refractivity contribution in [3.05, 3.63) is 16.3 Å². The van der Waals surface area contributed by atoms with Crippen molar-refractivity contribution in [1.82, 2.24) is 4.31 Å². The van der Waals surface area contributed by atoms with Crippen molar-refractivity contribution < 1.29 is 18.3 Å². The Labute approximate surface area is 104 Å². The second-order valence-corrected chi connectivity index (χ2v) is 6.80. The number of thiophene rings is 1. The largest absolute Gasteiger partial charge is 0.477 e. The molecule has 0 aliphatic carbocycles. The van der Waals surface area contributed by atoms with Crippen molar-refractivity contribution in [2.24, 2.45) is 0 Å². The van der Waals surface area contributed by atoms with Gasteiger partial charge >= 0.3 is 5.97 Å². The molecule has 1 aromatic rings. The Morgan fingerprint density at radius 3 is 2.82 bits per heavy atom. The van der Waals surface area contributed by atoms with Crippen LogP contribution in [-0.2, 0) is 10.0 Å². The lowest BCUT2D eigenvalue weighted by molar-refractivity contribution is 0.0698. The summed E-state index contributed by atoms with van der Waals surface area (Å²) >= 11 is 0.939. The van der Waals surface area contributed by atoms with Crippen LogP contribution >= 0.6 is 11.3 Å². The lowest BCUT2D eigenvalue weighted by atomic mass is 10.3. The van der Waals surface area contributed by atoms with Gasteiger partial charge in [-0.2, -0.15) is 4.31 Å². The van der Waals surface area contributed by atoms with Crippen LogP contribution in [0.1, 0.15) is 29.4 Å². The fourth-order valence-electron chi connectivity index (χ4n) is 2.05. The summed E-state index contributed by atoms with van der Waals surface area (Å²) in [6.45, 7) is 2.32. The third-order valence-corrected chi connectivity index (χ3v) is 5.99. The first kappa shape index (κ1) is 12.5. The highest BCUT2D eigenvalue weighted by Crippen LogP contribution is 2.30. The van der Waals surface area contributed by atoms with Gasteiger partial charge in [-0.15, -0.1) is 11.3 Å². The molecular weight excluding hydrogens is 262 g/mol. The zero-order valence-corrected chi connectivity index (χ0v) is 10.9. The molecule has 2 rings (SSSR count). The van der Waals surface area contributed by atoms with Crippen molar-refractivity contribution in [1.29, 1.82) is 0 Å². The first-order chi connectivity index (χ1) is 7.94. The smallest absolute Gasteiger partial charge is 0.347 e. The van der Waals surface area contributed by atoms with Gasteiger partial charge in [-0.1, -0.05) is 0 Å². The van der Waals surface area contributed by atoms with Crippen LogP contribution in [0.4, 0.5) is 0 Å². The number of hydrogen-bond acceptors (Lipinski definition) is 4. The molecule has 1 unspecified atom stereocenters. The molecule has 1 saturated heterocycles. The molecule has 94 valence electrons. The lowest BCUT2D eigenvalue weighted by Gasteiger charge is -2.20. The first-order valence-corrected chi connectivity index (χ1v) is 7.59. The molecule has 1 fully saturated rings. The third kappa shape index (κ3) is 2.10. The maximum Gasteiger partial charge on any atom is 0.347 e. The van der Waals surface area contributed by atoms with E-state index in [0.29, 0.717) is 6.54 Å². The monoisotopic (exact) mass is 275 g/mol. The van der Waals surface area contributed by atoms with E-state index < -0.39 is 16.0 Å². The fourth-order valence-corrected chi connectivity index (χ4v) is 4.98. The fraction of sp³-hybridized carbons (Fsp3) is 0.500. The number of carbonyl (C=O) groups is 1. The van der Waals surface area contributed by atoms with Crippen LogP contribution in [0.5, 0.6) is 0 Å². The van der Waals surface area contributed by atoms with Crippen molar-refractivity contribution in [3.63, 3.8) is 0 Å². The Balaban J connectivity index is 2.45. The van der Waals surface area contributed by atoms with Crippen molar-refractivity contribution in [3.8, 4) is 0 Å². The molecule has 1 aliphatic rings. The van der Waals surface area contributed by atoms with Crippen LogP contribution in [0.25, 0.3) is 0 Å². The maximum atomic E-state index is 12.3. The molecule has 1 aliphatic heterocycles. The molecule has 1 aromatic heterocycles. The predicted octanol–water partition coefficient (Wildman–Crippen LogP) is 1.62. The maximum absolute atomic E-state index is 12.3. The molecule has 1 N–H and O–H groups in total. The van der Waals surface area contributed by atoms with Gasteiger partial charge in [0.15, 0.2) is 0 Å². The van der Waals surface area contributed by atoms with E-state index >= 15 is 0 Å². The highest BCUT2D eigenvalue weighted by atomic mass is 32.2. The SMILES string of the molecule is CC1CCCN1S(=O)(=O)c1ccsc1C(=O)O. The molecule has 0 spiro atoms. The van der Waals surface area contributed by atoms with Crippen molar-refractivity contribution in [2.75, 3.05) is 6.54 Å². The minimum absolute atomic E-state index is 0.0541. The quantitative estimate of drug-likeness (QED) is 0.909. The van der Waals surface area contributed by atoms with Gasteiger partial charge in [-0.25, -0.2) is 13.2 Å². The molecule has 1 atom stereocenters. The number of sulfonamides is 1. The minimum atomic E-state index is -3.66. The van der Waals surface area contributed by atoms with Crippen molar-refractivity contribution >= 4 is 27.3 Å². The van der Waals surface area contributed by atoms with Crippen molar-refractivity contribution in [2.45, 2.75) is 30.7 Å². The van der Waals surface area contributed by atoms with E-state index in [9.17, 15) is 13.2 Å². The highest BCUT2D eigenvalue weighted by Gasteiger charge is 2.35. The number of nitrogens with zero attached hydrogens (tertiary/aromatic N) is 1. The molecule has 0 bridgehead atoms. The average molecular weight is 275 g/mol. The Morgan fingerprint density at radius 2 is 2.29 bits per heavy atom. The molecule has 2 heterocycles. The standard InChI is InChI=1S/C10H13NO4S2/c1-7-3-2-5-11(7)17(14,15)8-4-6-16-9(8)10(12)13/h4,6-7H,2-3,5H2,1H3,(H,12,13). The van der Waals surface area contributed by atoms with Crippen LogP contribution in [-0.4, -0.2) is 36.4 Å². The van der Waals surface area contributed by atoms with Gasteiger partial charge in [-0.05, 0) is 31.2 Å². The molecule has 7 heteroatoms. The number of rotatable bonds is 3. The Morgan fingerprint density at radius 1 is 1.59 bits per heavy atom. The van der Waals surface area contributed by atoms with Gasteiger partial charge in [0.25, 0.3) is 0 Å². The molecule has 17 heavy (non-hydrogen) atoms. The summed E-state index contributed by atoms with van der Waals surface area (Å²) in [5.74, 6) is -1.19. The van der Waals surface area contributed by atoms with Gasteiger partial charge in [0, 0.05) is 12.6 Å². The third-order valence-electron chi connectivity index (χ3n) is 2.90. The van der Waals surface area contributed by atoms with Crippen LogP contribution in [0, 0.1) is 0 Å². The predicted molar refractivity (Wildman–Crippen MR) is 63.9 cm³/mol. The Kier molecular flexibility index (Phi) is 3.24. The van der Waals surface area contributed by atoms with Gasteiger partial charge < -0.3 is 5.11 Å². The van der Waals surface area contributed by atoms with Gasteiger partial charge in [0.05, 0.1) is 0 Å². The summed E-state index contributed by atoms with van der Waals surface area (Å²) in [5, 5.41) is 10.5. The zero-order chi connectivity index (χ0) is 12.6. The summed E-state index contributed by atoms with van der Waals surface area (Å²) in [6.07, 6.45) is 1.65. The summed E-state index contributed by atoms with van der Waals surface area (Å²) in [4.78, 5) is 10.8. The highest BCUT2D eigenvalue weighted by molar-refractivity contribution is 7.89.